The van der Waals surface area contributed by atoms with Gasteiger partial charge in [-0.1, -0.05) is 30.8 Å². The molecule has 1 fully saturated rings. The van der Waals surface area contributed by atoms with Gasteiger partial charge in [-0.3, -0.25) is 0 Å². The van der Waals surface area contributed by atoms with E-state index in [-0.39, 0.29) is 11.1 Å². The molecule has 5 heteroatoms. The first-order valence-electron chi connectivity index (χ1n) is 7.13. The van der Waals surface area contributed by atoms with Gasteiger partial charge in [-0.25, -0.2) is 0 Å². The van der Waals surface area contributed by atoms with Crippen molar-refractivity contribution in [3.05, 3.63) is 5.82 Å². The Morgan fingerprint density at radius 3 is 2.32 bits per heavy atom. The molecule has 1 aliphatic carbocycles. The van der Waals surface area contributed by atoms with Crippen LogP contribution in [0.1, 0.15) is 65.1 Å². The number of nitrogens with one attached hydrogen (secondary N) is 1. The zero-order chi connectivity index (χ0) is 13.9. The highest BCUT2D eigenvalue weighted by Crippen LogP contribution is 2.37. The molecule has 1 heterocycles. The molecule has 1 saturated carbocycles. The van der Waals surface area contributed by atoms with E-state index in [1.165, 1.54) is 12.8 Å². The second kappa shape index (κ2) is 5.49. The maximum absolute atomic E-state index is 5.78. The topological polar surface area (TPSA) is 60.2 Å². The molecule has 0 saturated heterocycles. The minimum Gasteiger partial charge on any atom is -0.370 e. The van der Waals surface area contributed by atoms with Crippen LogP contribution in [-0.4, -0.2) is 22.8 Å². The minimum atomic E-state index is -0.363. The molecule has 0 bridgehead atoms. The fraction of sp³-hybridized carbons (Fsp3) is 0.857. The van der Waals surface area contributed by atoms with E-state index in [1.54, 1.807) is 7.11 Å². The van der Waals surface area contributed by atoms with Crippen molar-refractivity contribution in [1.82, 2.24) is 10.1 Å². The van der Waals surface area contributed by atoms with Crippen LogP contribution in [0.3, 0.4) is 0 Å². The number of nitrogens with zero attached hydrogens (tertiary/aromatic N) is 2. The zero-order valence-corrected chi connectivity index (χ0v) is 12.5. The van der Waals surface area contributed by atoms with Crippen molar-refractivity contribution in [2.24, 2.45) is 0 Å². The first kappa shape index (κ1) is 14.3. The third kappa shape index (κ3) is 3.47. The number of ether oxygens (including phenoxy) is 1. The van der Waals surface area contributed by atoms with Crippen LogP contribution in [-0.2, 0) is 10.3 Å². The van der Waals surface area contributed by atoms with E-state index >= 15 is 0 Å². The Hall–Kier alpha value is -1.10. The summed E-state index contributed by atoms with van der Waals surface area (Å²) in [4.78, 5) is 4.49. The third-order valence-corrected chi connectivity index (χ3v) is 3.62. The number of rotatable bonds is 3. The van der Waals surface area contributed by atoms with Crippen LogP contribution in [0.5, 0.6) is 0 Å². The minimum absolute atomic E-state index is 0.0898. The number of aromatic nitrogens is 2. The summed E-state index contributed by atoms with van der Waals surface area (Å²) < 4.78 is 11.1. The van der Waals surface area contributed by atoms with Crippen molar-refractivity contribution in [3.63, 3.8) is 0 Å². The van der Waals surface area contributed by atoms with Crippen LogP contribution in [0.2, 0.25) is 0 Å². The average Bonchev–Trinajstić information content (AvgIpc) is 2.64. The Balaban J connectivity index is 2.19. The summed E-state index contributed by atoms with van der Waals surface area (Å²) in [5.41, 5.74) is -0.453. The molecular formula is C14H25N3O2. The maximum Gasteiger partial charge on any atom is 0.321 e. The average molecular weight is 267 g/mol. The first-order valence-corrected chi connectivity index (χ1v) is 7.13. The normalized spacial score (nSPS) is 20.0. The highest BCUT2D eigenvalue weighted by Gasteiger charge is 2.37. The monoisotopic (exact) mass is 267 g/mol. The summed E-state index contributed by atoms with van der Waals surface area (Å²) >= 11 is 0. The Morgan fingerprint density at radius 1 is 1.16 bits per heavy atom. The lowest BCUT2D eigenvalue weighted by Crippen LogP contribution is -2.30. The van der Waals surface area contributed by atoms with E-state index in [2.05, 4.69) is 36.2 Å². The molecule has 0 aliphatic heterocycles. The van der Waals surface area contributed by atoms with E-state index in [0.717, 1.165) is 25.7 Å². The van der Waals surface area contributed by atoms with E-state index in [0.29, 0.717) is 11.8 Å². The summed E-state index contributed by atoms with van der Waals surface area (Å²) in [6.45, 7) is 6.19. The highest BCUT2D eigenvalue weighted by atomic mass is 16.5. The van der Waals surface area contributed by atoms with Gasteiger partial charge in [0.25, 0.3) is 0 Å². The smallest absolute Gasteiger partial charge is 0.321 e. The van der Waals surface area contributed by atoms with Gasteiger partial charge < -0.3 is 14.6 Å². The van der Waals surface area contributed by atoms with Gasteiger partial charge in [0.05, 0.1) is 0 Å². The SMILES string of the molecule is COC1(c2noc(NC(C)(C)C)n2)CCCCCC1. The van der Waals surface area contributed by atoms with Crippen molar-refractivity contribution in [2.75, 3.05) is 12.4 Å². The quantitative estimate of drug-likeness (QED) is 0.850. The fourth-order valence-corrected chi connectivity index (χ4v) is 2.60. The third-order valence-electron chi connectivity index (χ3n) is 3.62. The number of hydrogen-bond acceptors (Lipinski definition) is 5. The predicted molar refractivity (Wildman–Crippen MR) is 74.1 cm³/mol. The Kier molecular flexibility index (Phi) is 4.13. The molecular weight excluding hydrogens is 242 g/mol. The molecule has 108 valence electrons. The van der Waals surface area contributed by atoms with E-state index in [9.17, 15) is 0 Å². The zero-order valence-electron chi connectivity index (χ0n) is 12.5. The predicted octanol–water partition coefficient (Wildman–Crippen LogP) is 3.48. The Bertz CT molecular complexity index is 401. The van der Waals surface area contributed by atoms with Crippen LogP contribution in [0.25, 0.3) is 0 Å². The summed E-state index contributed by atoms with van der Waals surface area (Å²) in [6.07, 6.45) is 6.77. The molecule has 5 nitrogen and oxygen atoms in total. The molecule has 1 aliphatic rings. The number of hydrogen-bond donors (Lipinski definition) is 1. The van der Waals surface area contributed by atoms with Crippen molar-refractivity contribution < 1.29 is 9.26 Å². The van der Waals surface area contributed by atoms with Crippen LogP contribution < -0.4 is 5.32 Å². The molecule has 0 amide bonds. The van der Waals surface area contributed by atoms with E-state index < -0.39 is 0 Å². The maximum atomic E-state index is 5.78. The van der Waals surface area contributed by atoms with Crippen molar-refractivity contribution in [3.8, 4) is 0 Å². The summed E-state index contributed by atoms with van der Waals surface area (Å²) in [7, 11) is 1.75. The van der Waals surface area contributed by atoms with Gasteiger partial charge in [0.1, 0.15) is 5.60 Å². The van der Waals surface area contributed by atoms with E-state index in [4.69, 9.17) is 9.26 Å². The van der Waals surface area contributed by atoms with Gasteiger partial charge in [-0.2, -0.15) is 4.98 Å². The van der Waals surface area contributed by atoms with Crippen LogP contribution >= 0.6 is 0 Å². The molecule has 2 rings (SSSR count). The summed E-state index contributed by atoms with van der Waals surface area (Å²) in [5, 5.41) is 7.34. The highest BCUT2D eigenvalue weighted by molar-refractivity contribution is 5.24. The Morgan fingerprint density at radius 2 is 1.79 bits per heavy atom. The Labute approximate surface area is 115 Å². The second-order valence-electron chi connectivity index (χ2n) is 6.41. The molecule has 1 aromatic rings. The summed E-state index contributed by atoms with van der Waals surface area (Å²) in [5.74, 6) is 0.684. The van der Waals surface area contributed by atoms with Crippen molar-refractivity contribution >= 4 is 6.01 Å². The number of anilines is 1. The lowest BCUT2D eigenvalue weighted by Gasteiger charge is -2.27. The van der Waals surface area contributed by atoms with Crippen LogP contribution in [0.15, 0.2) is 4.52 Å². The van der Waals surface area contributed by atoms with Gasteiger partial charge >= 0.3 is 6.01 Å². The molecule has 1 N–H and O–H groups in total. The molecule has 0 spiro atoms. The number of methoxy groups -OCH3 is 1. The molecule has 0 unspecified atom stereocenters. The second-order valence-corrected chi connectivity index (χ2v) is 6.41. The van der Waals surface area contributed by atoms with Crippen LogP contribution in [0.4, 0.5) is 6.01 Å². The lowest BCUT2D eigenvalue weighted by atomic mass is 9.93. The van der Waals surface area contributed by atoms with E-state index in [1.807, 2.05) is 0 Å². The molecule has 0 radical (unpaired) electrons. The van der Waals surface area contributed by atoms with Gasteiger partial charge in [-0.05, 0) is 33.6 Å². The molecule has 0 atom stereocenters. The van der Waals surface area contributed by atoms with Crippen LogP contribution in [0, 0.1) is 0 Å². The lowest BCUT2D eigenvalue weighted by molar-refractivity contribution is -0.0365. The van der Waals surface area contributed by atoms with Gasteiger partial charge in [0.15, 0.2) is 0 Å². The molecule has 0 aromatic carbocycles. The van der Waals surface area contributed by atoms with Gasteiger partial charge in [0.2, 0.25) is 5.82 Å². The summed E-state index contributed by atoms with van der Waals surface area (Å²) in [6, 6.07) is 0.475. The first-order chi connectivity index (χ1) is 8.95. The largest absolute Gasteiger partial charge is 0.370 e. The van der Waals surface area contributed by atoms with Gasteiger partial charge in [0, 0.05) is 12.6 Å². The standard InChI is InChI=1S/C14H25N3O2/c1-13(2,3)16-12-15-11(17-19-12)14(18-4)9-7-5-6-8-10-14/h5-10H2,1-4H3,(H,15,16,17). The fourth-order valence-electron chi connectivity index (χ4n) is 2.60. The van der Waals surface area contributed by atoms with Crippen molar-refractivity contribution in [2.45, 2.75) is 70.4 Å². The molecule has 1 aromatic heterocycles. The molecule has 19 heavy (non-hydrogen) atoms. The van der Waals surface area contributed by atoms with Crippen molar-refractivity contribution in [1.29, 1.82) is 0 Å². The van der Waals surface area contributed by atoms with Gasteiger partial charge in [-0.15, -0.1) is 0 Å².